The van der Waals surface area contributed by atoms with Crippen molar-refractivity contribution in [2.75, 3.05) is 24.6 Å². The quantitative estimate of drug-likeness (QED) is 0.172. The number of piperidine rings is 1. The normalized spacial score (nSPS) is 40.9. The highest BCUT2D eigenvalue weighted by Gasteiger charge is 2.62. The summed E-state index contributed by atoms with van der Waals surface area (Å²) in [5.74, 6) is 4.78. The van der Waals surface area contributed by atoms with Crippen molar-refractivity contribution >= 4 is 33.4 Å². The summed E-state index contributed by atoms with van der Waals surface area (Å²) in [7, 11) is 3.48. The number of allylic oxidation sites excluding steroid dienone is 2. The Bertz CT molecular complexity index is 1230. The highest BCUT2D eigenvalue weighted by atomic mass is 33.1. The second kappa shape index (κ2) is 12.8. The lowest BCUT2D eigenvalue weighted by molar-refractivity contribution is -0.139. The summed E-state index contributed by atoms with van der Waals surface area (Å²) in [5, 5.41) is 13.4. The molecule has 2 N–H and O–H groups in total. The zero-order chi connectivity index (χ0) is 32.3. The van der Waals surface area contributed by atoms with Gasteiger partial charge in [0, 0.05) is 42.3 Å². The number of aliphatic hydroxyl groups is 1. The summed E-state index contributed by atoms with van der Waals surface area (Å²) in [6.07, 6.45) is 11.6. The number of carbonyl (C=O) groups excluding carboxylic acids is 2. The van der Waals surface area contributed by atoms with Crippen LogP contribution in [-0.4, -0.2) is 70.3 Å². The highest BCUT2D eigenvalue weighted by Crippen LogP contribution is 2.65. The van der Waals surface area contributed by atoms with Crippen LogP contribution >= 0.6 is 21.6 Å². The van der Waals surface area contributed by atoms with Crippen LogP contribution < -0.4 is 5.32 Å². The fourth-order valence-electron chi connectivity index (χ4n) is 10.5. The van der Waals surface area contributed by atoms with Gasteiger partial charge in [-0.3, -0.25) is 9.59 Å². The van der Waals surface area contributed by atoms with Crippen LogP contribution in [0.15, 0.2) is 22.8 Å². The van der Waals surface area contributed by atoms with Crippen LogP contribution in [0.2, 0.25) is 0 Å². The Kier molecular flexibility index (Phi) is 9.66. The molecule has 0 bridgehead atoms. The number of likely N-dealkylation sites (tertiary alicyclic amines) is 1. The molecule has 2 saturated carbocycles. The molecule has 10 atom stereocenters. The fourth-order valence-corrected chi connectivity index (χ4v) is 12.4. The van der Waals surface area contributed by atoms with E-state index in [1.54, 1.807) is 27.2 Å². The summed E-state index contributed by atoms with van der Waals surface area (Å²) < 4.78 is 7.25. The van der Waals surface area contributed by atoms with Crippen molar-refractivity contribution in [3.63, 3.8) is 0 Å². The Balaban J connectivity index is 1.10. The van der Waals surface area contributed by atoms with E-state index in [0.717, 1.165) is 56.1 Å². The molecule has 6 rings (SSSR count). The fraction of sp³-hybridized carbons (Fsp3) is 0.838. The molecule has 2 aliphatic heterocycles. The van der Waals surface area contributed by atoms with Gasteiger partial charge in [-0.05, 0) is 93.0 Å². The Hall–Kier alpha value is -0.960. The number of ether oxygens (including phenoxy) is 1. The molecule has 2 saturated heterocycles. The lowest BCUT2D eigenvalue weighted by Crippen LogP contribution is -2.54. The summed E-state index contributed by atoms with van der Waals surface area (Å²) in [5.41, 5.74) is 4.32. The van der Waals surface area contributed by atoms with Crippen LogP contribution in [0.3, 0.4) is 0 Å². The van der Waals surface area contributed by atoms with E-state index in [0.29, 0.717) is 30.7 Å². The number of hydrogen-bond donors (Lipinski definition) is 2. The average Bonchev–Trinajstić information content (AvgIpc) is 3.50. The van der Waals surface area contributed by atoms with Gasteiger partial charge in [0.25, 0.3) is 0 Å². The maximum atomic E-state index is 13.8. The number of aliphatic hydroxyl groups excluding tert-OH is 1. The van der Waals surface area contributed by atoms with Gasteiger partial charge in [-0.2, -0.15) is 0 Å². The molecular weight excluding hydrogens is 601 g/mol. The first-order valence-corrected chi connectivity index (χ1v) is 20.3. The summed E-state index contributed by atoms with van der Waals surface area (Å²) in [6, 6.07) is 0.153. The molecule has 4 aliphatic carbocycles. The van der Waals surface area contributed by atoms with Gasteiger partial charge >= 0.3 is 0 Å². The monoisotopic (exact) mass is 658 g/mol. The van der Waals surface area contributed by atoms with E-state index in [9.17, 15) is 14.7 Å². The molecule has 2 heterocycles. The van der Waals surface area contributed by atoms with E-state index in [1.807, 2.05) is 20.8 Å². The van der Waals surface area contributed by atoms with Crippen molar-refractivity contribution in [2.24, 2.45) is 40.4 Å². The predicted molar refractivity (Wildman–Crippen MR) is 186 cm³/mol. The maximum absolute atomic E-state index is 13.8. The molecule has 0 aromatic rings. The molecule has 252 valence electrons. The Morgan fingerprint density at radius 2 is 1.89 bits per heavy atom. The minimum Gasteiger partial charge on any atom is -0.393 e. The molecule has 45 heavy (non-hydrogen) atoms. The minimum absolute atomic E-state index is 0.0822. The third-order valence-electron chi connectivity index (χ3n) is 13.0. The van der Waals surface area contributed by atoms with Crippen LogP contribution in [-0.2, 0) is 14.3 Å². The second-order valence-electron chi connectivity index (χ2n) is 16.7. The maximum Gasteiger partial charge on any atom is 0.225 e. The Morgan fingerprint density at radius 1 is 1.13 bits per heavy atom. The third kappa shape index (κ3) is 6.10. The van der Waals surface area contributed by atoms with Crippen LogP contribution in [0.4, 0.5) is 0 Å². The number of carbonyl (C=O) groups is 2. The number of rotatable bonds is 7. The van der Waals surface area contributed by atoms with E-state index in [4.69, 9.17) is 4.74 Å². The van der Waals surface area contributed by atoms with Crippen molar-refractivity contribution in [2.45, 2.75) is 130 Å². The van der Waals surface area contributed by atoms with Gasteiger partial charge in [-0.15, -0.1) is 0 Å². The van der Waals surface area contributed by atoms with Crippen LogP contribution in [0.25, 0.3) is 0 Å². The molecule has 0 aromatic carbocycles. The van der Waals surface area contributed by atoms with E-state index in [1.165, 1.54) is 30.4 Å². The number of hydrogen-bond acceptors (Lipinski definition) is 6. The van der Waals surface area contributed by atoms with Crippen molar-refractivity contribution < 1.29 is 19.4 Å². The SMILES string of the molecule is CC1=C2CC3C(CC=C4CC(O)CCC43C)C2CCC12OC1CC(C)CN(C(=O)CCSSCCNC(=O)C(C)(C)C)C1[C@@H]2C. The summed E-state index contributed by atoms with van der Waals surface area (Å²) in [6.45, 7) is 16.8. The number of amides is 2. The average molecular weight is 659 g/mol. The molecular formula is C37H58N2O4S2. The van der Waals surface area contributed by atoms with Gasteiger partial charge in [0.1, 0.15) is 0 Å². The van der Waals surface area contributed by atoms with Crippen molar-refractivity contribution in [1.82, 2.24) is 10.2 Å². The first kappa shape index (κ1) is 33.9. The van der Waals surface area contributed by atoms with Crippen molar-refractivity contribution in [1.29, 1.82) is 0 Å². The van der Waals surface area contributed by atoms with Gasteiger partial charge in [-0.1, -0.05) is 80.4 Å². The van der Waals surface area contributed by atoms with E-state index < -0.39 is 0 Å². The lowest BCUT2D eigenvalue weighted by atomic mass is 9.56. The van der Waals surface area contributed by atoms with E-state index in [-0.39, 0.29) is 52.4 Å². The first-order valence-electron chi connectivity index (χ1n) is 17.8. The molecule has 6 aliphatic rings. The van der Waals surface area contributed by atoms with Crippen LogP contribution in [0, 0.1) is 40.4 Å². The van der Waals surface area contributed by atoms with Gasteiger partial charge in [0.15, 0.2) is 0 Å². The molecule has 0 aromatic heterocycles. The smallest absolute Gasteiger partial charge is 0.225 e. The standard InChI is InChI=1S/C37H58N2O4S2/c1-22-18-31-33(39(21-22)32(41)12-16-44-45-17-15-38-34(42)35(4,5)6)24(3)37(43-31)14-11-27-28-9-8-25-19-26(40)10-13-36(25,7)30(28)20-29(27)23(37)2/h8,22,24,26-28,30-31,33,40H,9-21H2,1-7H3,(H,38,42)/t22?,24-,26?,27?,28?,30?,31?,33?,36?,37?/m0/s1. The van der Waals surface area contributed by atoms with E-state index in [2.05, 4.69) is 44.0 Å². The Morgan fingerprint density at radius 3 is 2.64 bits per heavy atom. The van der Waals surface area contributed by atoms with Crippen molar-refractivity contribution in [3.8, 4) is 0 Å². The van der Waals surface area contributed by atoms with Crippen LogP contribution in [0.5, 0.6) is 0 Å². The van der Waals surface area contributed by atoms with Crippen molar-refractivity contribution in [3.05, 3.63) is 22.8 Å². The second-order valence-corrected chi connectivity index (χ2v) is 19.4. The molecule has 0 radical (unpaired) electrons. The lowest BCUT2D eigenvalue weighted by Gasteiger charge is -2.49. The highest BCUT2D eigenvalue weighted by molar-refractivity contribution is 8.76. The minimum atomic E-state index is -0.364. The first-order chi connectivity index (χ1) is 21.3. The Labute approximate surface area is 280 Å². The molecule has 9 unspecified atom stereocenters. The number of nitrogens with one attached hydrogen (secondary N) is 1. The molecule has 1 spiro atoms. The molecule has 4 fully saturated rings. The predicted octanol–water partition coefficient (Wildman–Crippen LogP) is 7.17. The summed E-state index contributed by atoms with van der Waals surface area (Å²) >= 11 is 0. The zero-order valence-corrected chi connectivity index (χ0v) is 30.5. The van der Waals surface area contributed by atoms with Gasteiger partial charge < -0.3 is 20.1 Å². The molecule has 6 nitrogen and oxygen atoms in total. The molecule has 8 heteroatoms. The third-order valence-corrected chi connectivity index (χ3v) is 15.4. The number of nitrogens with zero attached hydrogens (tertiary/aromatic N) is 1. The van der Waals surface area contributed by atoms with Gasteiger partial charge in [0.2, 0.25) is 11.8 Å². The summed E-state index contributed by atoms with van der Waals surface area (Å²) in [4.78, 5) is 28.1. The number of fused-ring (bicyclic) bond motifs is 6. The zero-order valence-electron chi connectivity index (χ0n) is 28.8. The van der Waals surface area contributed by atoms with Crippen LogP contribution in [0.1, 0.15) is 106 Å². The topological polar surface area (TPSA) is 78.9 Å². The van der Waals surface area contributed by atoms with Gasteiger partial charge in [-0.25, -0.2) is 0 Å². The molecule has 2 amide bonds. The van der Waals surface area contributed by atoms with Gasteiger partial charge in [0.05, 0.1) is 23.9 Å². The largest absolute Gasteiger partial charge is 0.393 e. The van der Waals surface area contributed by atoms with E-state index >= 15 is 0 Å².